The molecule has 0 aliphatic carbocycles. The Balaban J connectivity index is 3.27. The van der Waals surface area contributed by atoms with E-state index in [0.717, 1.165) is 0 Å². The van der Waals surface area contributed by atoms with Crippen molar-refractivity contribution in [1.82, 2.24) is 10.2 Å². The summed E-state index contributed by atoms with van der Waals surface area (Å²) in [6.45, 7) is 7.51. The number of carboxylic acid groups (broad SMARTS) is 1. The fourth-order valence-electron chi connectivity index (χ4n) is 1.14. The molecule has 0 saturated carbocycles. The molecule has 0 atom stereocenters. The van der Waals surface area contributed by atoms with Crippen LogP contribution in [0.4, 0.5) is 0 Å². The van der Waals surface area contributed by atoms with Crippen LogP contribution in [0.5, 0.6) is 0 Å². The third kappa shape index (κ3) is 2.68. The number of carbonyl (C=O) groups is 1. The van der Waals surface area contributed by atoms with E-state index in [0.29, 0.717) is 21.5 Å². The van der Waals surface area contributed by atoms with Gasteiger partial charge in [-0.2, -0.15) is 5.10 Å². The van der Waals surface area contributed by atoms with Crippen LogP contribution in [0.3, 0.4) is 0 Å². The summed E-state index contributed by atoms with van der Waals surface area (Å²) in [4.78, 5) is 11.1. The van der Waals surface area contributed by atoms with Gasteiger partial charge in [0.2, 0.25) is 0 Å². The lowest BCUT2D eigenvalue weighted by molar-refractivity contribution is 0.0690. The van der Waals surface area contributed by atoms with Gasteiger partial charge in [-0.3, -0.25) is 0 Å². The summed E-state index contributed by atoms with van der Waals surface area (Å²) in [5.74, 6) is -0.936. The second-order valence-electron chi connectivity index (χ2n) is 3.56. The molecule has 0 aromatic carbocycles. The molecule has 15 heavy (non-hydrogen) atoms. The second-order valence-corrected chi connectivity index (χ2v) is 5.13. The van der Waals surface area contributed by atoms with Crippen LogP contribution in [0, 0.1) is 13.8 Å². The Hall–Kier alpha value is -1.10. The van der Waals surface area contributed by atoms with Gasteiger partial charge in [0.05, 0.1) is 11.3 Å². The van der Waals surface area contributed by atoms with Crippen molar-refractivity contribution in [2.45, 2.75) is 38.0 Å². The van der Waals surface area contributed by atoms with Gasteiger partial charge in [-0.1, -0.05) is 13.8 Å². The highest BCUT2D eigenvalue weighted by atomic mass is 32.2. The molecule has 82 valence electrons. The van der Waals surface area contributed by atoms with Crippen molar-refractivity contribution in [3.63, 3.8) is 0 Å². The fraction of sp³-hybridized carbons (Fsp3) is 0.500. The number of thioether (sulfide) groups is 1. The Labute approximate surface area is 93.1 Å². The number of carboxylic acids is 1. The third-order valence-corrected chi connectivity index (χ3v) is 2.96. The van der Waals surface area contributed by atoms with E-state index >= 15 is 0 Å². The van der Waals surface area contributed by atoms with Crippen molar-refractivity contribution >= 4 is 17.7 Å². The van der Waals surface area contributed by atoms with Crippen LogP contribution in [0.1, 0.15) is 35.5 Å². The summed E-state index contributed by atoms with van der Waals surface area (Å²) in [6.07, 6.45) is 0. The van der Waals surface area contributed by atoms with Crippen LogP contribution in [0.2, 0.25) is 0 Å². The van der Waals surface area contributed by atoms with Crippen LogP contribution in [-0.4, -0.2) is 26.5 Å². The third-order valence-electron chi connectivity index (χ3n) is 1.98. The molecular formula is C10H14N2O2S. The molecule has 0 fully saturated rings. The highest BCUT2D eigenvalue weighted by Crippen LogP contribution is 2.26. The van der Waals surface area contributed by atoms with Gasteiger partial charge < -0.3 is 5.11 Å². The quantitative estimate of drug-likeness (QED) is 0.801. The van der Waals surface area contributed by atoms with Gasteiger partial charge in [-0.15, -0.1) is 16.9 Å². The summed E-state index contributed by atoms with van der Waals surface area (Å²) in [5.41, 5.74) is 1.64. The monoisotopic (exact) mass is 226 g/mol. The molecule has 1 heterocycles. The van der Waals surface area contributed by atoms with E-state index < -0.39 is 5.97 Å². The van der Waals surface area contributed by atoms with Gasteiger partial charge in [-0.25, -0.2) is 4.79 Å². The number of hydrogen-bond acceptors (Lipinski definition) is 4. The van der Waals surface area contributed by atoms with Gasteiger partial charge in [0.15, 0.2) is 0 Å². The molecule has 0 spiro atoms. The number of rotatable bonds is 3. The van der Waals surface area contributed by atoms with Crippen molar-refractivity contribution in [2.24, 2.45) is 0 Å². The maximum Gasteiger partial charge on any atom is 0.338 e. The molecule has 1 rings (SSSR count). The Kier molecular flexibility index (Phi) is 3.68. The standard InChI is InChI=1S/C10H14N2O2S/c1-5(2)15-9-8(10(13)14)6(3)7(4)11-12-9/h5H,1-4H3,(H,13,14). The van der Waals surface area contributed by atoms with Gasteiger partial charge in [0.1, 0.15) is 5.03 Å². The zero-order chi connectivity index (χ0) is 11.6. The SMILES string of the molecule is Cc1nnc(SC(C)C)c(C(=O)O)c1C. The van der Waals surface area contributed by atoms with Crippen LogP contribution in [0.25, 0.3) is 0 Å². The Morgan fingerprint density at radius 1 is 1.33 bits per heavy atom. The first-order chi connectivity index (χ1) is 6.93. The normalized spacial score (nSPS) is 10.7. The molecule has 0 bridgehead atoms. The van der Waals surface area contributed by atoms with E-state index in [4.69, 9.17) is 5.11 Å². The van der Waals surface area contributed by atoms with E-state index in [1.807, 2.05) is 13.8 Å². The molecule has 0 aliphatic heterocycles. The minimum Gasteiger partial charge on any atom is -0.478 e. The lowest BCUT2D eigenvalue weighted by Crippen LogP contribution is -2.09. The first kappa shape index (κ1) is 12.0. The van der Waals surface area contributed by atoms with E-state index in [9.17, 15) is 4.79 Å². The van der Waals surface area contributed by atoms with Crippen molar-refractivity contribution in [2.75, 3.05) is 0 Å². The molecule has 0 amide bonds. The van der Waals surface area contributed by atoms with Crippen LogP contribution < -0.4 is 0 Å². The molecule has 1 N–H and O–H groups in total. The zero-order valence-electron chi connectivity index (χ0n) is 9.24. The summed E-state index contributed by atoms with van der Waals surface area (Å²) in [5, 5.41) is 17.8. The molecule has 4 nitrogen and oxygen atoms in total. The molecule has 0 unspecified atom stereocenters. The fourth-order valence-corrected chi connectivity index (χ4v) is 2.04. The van der Waals surface area contributed by atoms with E-state index in [1.54, 1.807) is 13.8 Å². The van der Waals surface area contributed by atoms with Crippen LogP contribution in [0.15, 0.2) is 5.03 Å². The number of aromatic carboxylic acids is 1. The number of nitrogens with zero attached hydrogens (tertiary/aromatic N) is 2. The van der Waals surface area contributed by atoms with Crippen molar-refractivity contribution in [3.8, 4) is 0 Å². The molecule has 5 heteroatoms. The number of aryl methyl sites for hydroxylation is 1. The van der Waals surface area contributed by atoms with E-state index in [-0.39, 0.29) is 5.56 Å². The minimum atomic E-state index is -0.936. The lowest BCUT2D eigenvalue weighted by Gasteiger charge is -2.10. The topological polar surface area (TPSA) is 63.1 Å². The lowest BCUT2D eigenvalue weighted by atomic mass is 10.1. The summed E-state index contributed by atoms with van der Waals surface area (Å²) in [7, 11) is 0. The molecular weight excluding hydrogens is 212 g/mol. The van der Waals surface area contributed by atoms with E-state index in [1.165, 1.54) is 11.8 Å². The van der Waals surface area contributed by atoms with Crippen LogP contribution >= 0.6 is 11.8 Å². The van der Waals surface area contributed by atoms with Gasteiger partial charge in [0, 0.05) is 5.25 Å². The number of aromatic nitrogens is 2. The molecule has 1 aromatic heterocycles. The van der Waals surface area contributed by atoms with Gasteiger partial charge in [-0.05, 0) is 19.4 Å². The average molecular weight is 226 g/mol. The smallest absolute Gasteiger partial charge is 0.338 e. The second kappa shape index (κ2) is 4.61. The van der Waals surface area contributed by atoms with Crippen LogP contribution in [-0.2, 0) is 0 Å². The Bertz CT molecular complexity index is 391. The largest absolute Gasteiger partial charge is 0.478 e. The van der Waals surface area contributed by atoms with Crippen molar-refractivity contribution in [3.05, 3.63) is 16.8 Å². The summed E-state index contributed by atoms with van der Waals surface area (Å²) >= 11 is 1.42. The minimum absolute atomic E-state index is 0.279. The van der Waals surface area contributed by atoms with Gasteiger partial charge in [0.25, 0.3) is 0 Å². The Morgan fingerprint density at radius 3 is 2.40 bits per heavy atom. The van der Waals surface area contributed by atoms with E-state index in [2.05, 4.69) is 10.2 Å². The first-order valence-electron chi connectivity index (χ1n) is 4.67. The molecule has 1 aromatic rings. The summed E-state index contributed by atoms with van der Waals surface area (Å²) in [6, 6.07) is 0. The maximum atomic E-state index is 11.1. The molecule has 0 aliphatic rings. The molecule has 0 radical (unpaired) electrons. The summed E-state index contributed by atoms with van der Waals surface area (Å²) < 4.78 is 0. The zero-order valence-corrected chi connectivity index (χ0v) is 10.1. The van der Waals surface area contributed by atoms with Crippen molar-refractivity contribution in [1.29, 1.82) is 0 Å². The maximum absolute atomic E-state index is 11.1. The number of hydrogen-bond donors (Lipinski definition) is 1. The predicted molar refractivity (Wildman–Crippen MR) is 59.5 cm³/mol. The molecule has 0 saturated heterocycles. The highest BCUT2D eigenvalue weighted by Gasteiger charge is 2.18. The average Bonchev–Trinajstić information content (AvgIpc) is 2.10. The van der Waals surface area contributed by atoms with Gasteiger partial charge >= 0.3 is 5.97 Å². The highest BCUT2D eigenvalue weighted by molar-refractivity contribution is 7.99. The first-order valence-corrected chi connectivity index (χ1v) is 5.55. The Morgan fingerprint density at radius 2 is 1.93 bits per heavy atom. The van der Waals surface area contributed by atoms with Crippen molar-refractivity contribution < 1.29 is 9.90 Å². The predicted octanol–water partition coefficient (Wildman–Crippen LogP) is 2.29.